The number of anilines is 1. The molecule has 1 aliphatic heterocycles. The van der Waals surface area contributed by atoms with Gasteiger partial charge in [-0.1, -0.05) is 36.4 Å². The van der Waals surface area contributed by atoms with Crippen LogP contribution in [0.1, 0.15) is 33.5 Å². The van der Waals surface area contributed by atoms with Crippen molar-refractivity contribution in [1.82, 2.24) is 14.9 Å². The number of nitrogens with two attached hydrogens (primary N) is 1. The van der Waals surface area contributed by atoms with Crippen molar-refractivity contribution in [2.45, 2.75) is 36.7 Å². The molecule has 0 saturated heterocycles. The number of nitrogens with one attached hydrogen (secondary N) is 2. The highest BCUT2D eigenvalue weighted by Crippen LogP contribution is 2.26. The van der Waals surface area contributed by atoms with Crippen molar-refractivity contribution in [1.29, 1.82) is 0 Å². The Morgan fingerprint density at radius 3 is 2.46 bits per heavy atom. The zero-order valence-electron chi connectivity index (χ0n) is 20.3. The standard InChI is InChI=1S/C27H28N4O5S/c1-29-27(34)24-16-20-11-12-22(28)15-21(20)17-31(24)25(32)13-10-18-6-5-9-23(14-18)37(35,36)30-26(33)19-7-3-2-4-8-19/h2-9,11-12,14-15,24H,10,13,16-17,28H2,1H3,(H,29,34)(H,30,33)/t24-/m0/s1. The summed E-state index contributed by atoms with van der Waals surface area (Å²) >= 11 is 0. The Kier molecular flexibility index (Phi) is 7.58. The number of carbonyl (C=O) groups is 3. The second-order valence-corrected chi connectivity index (χ2v) is 10.5. The van der Waals surface area contributed by atoms with Crippen LogP contribution in [0.2, 0.25) is 0 Å². The molecule has 4 rings (SSSR count). The first-order valence-electron chi connectivity index (χ1n) is 11.8. The van der Waals surface area contributed by atoms with Crippen molar-refractivity contribution in [2.24, 2.45) is 0 Å². The van der Waals surface area contributed by atoms with E-state index in [1.807, 2.05) is 12.1 Å². The van der Waals surface area contributed by atoms with E-state index in [2.05, 4.69) is 10.0 Å². The van der Waals surface area contributed by atoms with E-state index in [1.165, 1.54) is 31.3 Å². The third-order valence-electron chi connectivity index (χ3n) is 6.33. The lowest BCUT2D eigenvalue weighted by atomic mass is 9.92. The SMILES string of the molecule is CNC(=O)[C@@H]1Cc2ccc(N)cc2CN1C(=O)CCc1cccc(S(=O)(=O)NC(=O)c2ccccc2)c1. The number of likely N-dealkylation sites (N-methyl/N-ethyl adjacent to an activating group) is 1. The lowest BCUT2D eigenvalue weighted by Crippen LogP contribution is -2.52. The predicted octanol–water partition coefficient (Wildman–Crippen LogP) is 2.02. The first-order valence-corrected chi connectivity index (χ1v) is 13.3. The molecule has 0 fully saturated rings. The molecule has 0 saturated carbocycles. The molecule has 1 aliphatic rings. The van der Waals surface area contributed by atoms with Gasteiger partial charge in [0.15, 0.2) is 0 Å². The minimum absolute atomic E-state index is 0.0744. The van der Waals surface area contributed by atoms with Gasteiger partial charge in [0, 0.05) is 37.7 Å². The van der Waals surface area contributed by atoms with Gasteiger partial charge < -0.3 is 16.0 Å². The summed E-state index contributed by atoms with van der Waals surface area (Å²) in [5.74, 6) is -1.21. The Labute approximate surface area is 215 Å². The van der Waals surface area contributed by atoms with Crippen molar-refractivity contribution < 1.29 is 22.8 Å². The number of rotatable bonds is 7. The summed E-state index contributed by atoms with van der Waals surface area (Å²) in [5, 5.41) is 2.63. The maximum atomic E-state index is 13.2. The molecule has 3 aromatic carbocycles. The van der Waals surface area contributed by atoms with E-state index in [-0.39, 0.29) is 41.7 Å². The van der Waals surface area contributed by atoms with Crippen LogP contribution >= 0.6 is 0 Å². The molecule has 3 aromatic rings. The number of aryl methyl sites for hydroxylation is 1. The van der Waals surface area contributed by atoms with Crippen molar-refractivity contribution in [2.75, 3.05) is 12.8 Å². The molecule has 1 atom stereocenters. The van der Waals surface area contributed by atoms with Crippen LogP contribution in [-0.4, -0.2) is 44.1 Å². The van der Waals surface area contributed by atoms with Crippen LogP contribution in [0.4, 0.5) is 5.69 Å². The van der Waals surface area contributed by atoms with Gasteiger partial charge in [0.05, 0.1) is 4.90 Å². The topological polar surface area (TPSA) is 139 Å². The minimum atomic E-state index is -4.11. The Morgan fingerprint density at radius 2 is 1.73 bits per heavy atom. The summed E-state index contributed by atoms with van der Waals surface area (Å²) in [6.45, 7) is 0.261. The van der Waals surface area contributed by atoms with Gasteiger partial charge in [0.1, 0.15) is 6.04 Å². The third kappa shape index (κ3) is 5.97. The van der Waals surface area contributed by atoms with Gasteiger partial charge >= 0.3 is 0 Å². The zero-order chi connectivity index (χ0) is 26.6. The molecular weight excluding hydrogens is 492 g/mol. The van der Waals surface area contributed by atoms with Gasteiger partial charge in [-0.15, -0.1) is 0 Å². The van der Waals surface area contributed by atoms with Gasteiger partial charge in [0.25, 0.3) is 15.9 Å². The summed E-state index contributed by atoms with van der Waals surface area (Å²) < 4.78 is 27.6. The predicted molar refractivity (Wildman–Crippen MR) is 139 cm³/mol. The highest BCUT2D eigenvalue weighted by Gasteiger charge is 2.34. The summed E-state index contributed by atoms with van der Waals surface area (Å²) in [6, 6.07) is 19.0. The second-order valence-electron chi connectivity index (χ2n) is 8.83. The zero-order valence-corrected chi connectivity index (χ0v) is 21.1. The number of nitrogen functional groups attached to an aromatic ring is 1. The summed E-state index contributed by atoms with van der Waals surface area (Å²) in [6.07, 6.45) is 0.719. The van der Waals surface area contributed by atoms with Crippen molar-refractivity contribution >= 4 is 33.4 Å². The van der Waals surface area contributed by atoms with Gasteiger partial charge in [-0.3, -0.25) is 14.4 Å². The van der Waals surface area contributed by atoms with E-state index in [1.54, 1.807) is 41.3 Å². The average Bonchev–Trinajstić information content (AvgIpc) is 2.91. The van der Waals surface area contributed by atoms with Gasteiger partial charge in [-0.25, -0.2) is 13.1 Å². The molecule has 37 heavy (non-hydrogen) atoms. The van der Waals surface area contributed by atoms with Gasteiger partial charge in [0.2, 0.25) is 11.8 Å². The van der Waals surface area contributed by atoms with Crippen LogP contribution in [-0.2, 0) is 39.0 Å². The first kappa shape index (κ1) is 25.9. The number of carbonyl (C=O) groups excluding carboxylic acids is 3. The Balaban J connectivity index is 1.46. The fraction of sp³-hybridized carbons (Fsp3) is 0.222. The van der Waals surface area contributed by atoms with E-state index >= 15 is 0 Å². The van der Waals surface area contributed by atoms with Crippen molar-refractivity contribution in [3.63, 3.8) is 0 Å². The van der Waals surface area contributed by atoms with Crippen LogP contribution in [0.15, 0.2) is 77.7 Å². The largest absolute Gasteiger partial charge is 0.399 e. The number of fused-ring (bicyclic) bond motifs is 1. The fourth-order valence-corrected chi connectivity index (χ4v) is 5.40. The number of nitrogens with zero attached hydrogens (tertiary/aromatic N) is 1. The highest BCUT2D eigenvalue weighted by atomic mass is 32.2. The monoisotopic (exact) mass is 520 g/mol. The molecule has 9 nitrogen and oxygen atoms in total. The molecule has 0 aromatic heterocycles. The molecule has 0 aliphatic carbocycles. The van der Waals surface area contributed by atoms with Crippen molar-refractivity contribution in [3.05, 3.63) is 95.1 Å². The fourth-order valence-electron chi connectivity index (χ4n) is 4.36. The van der Waals surface area contributed by atoms with E-state index in [4.69, 9.17) is 5.73 Å². The normalized spacial score (nSPS) is 14.9. The Bertz CT molecular complexity index is 1440. The Morgan fingerprint density at radius 1 is 0.973 bits per heavy atom. The van der Waals surface area contributed by atoms with Crippen LogP contribution in [0.25, 0.3) is 0 Å². The summed E-state index contributed by atoms with van der Waals surface area (Å²) in [7, 11) is -2.58. The molecular formula is C27H28N4O5S. The Hall–Kier alpha value is -4.18. The van der Waals surface area contributed by atoms with E-state index in [0.717, 1.165) is 11.1 Å². The number of amides is 3. The average molecular weight is 521 g/mol. The molecule has 10 heteroatoms. The summed E-state index contributed by atoms with van der Waals surface area (Å²) in [4.78, 5) is 39.6. The van der Waals surface area contributed by atoms with E-state index < -0.39 is 22.0 Å². The van der Waals surface area contributed by atoms with E-state index in [0.29, 0.717) is 17.7 Å². The van der Waals surface area contributed by atoms with Gasteiger partial charge in [-0.05, 0) is 59.5 Å². The first-order chi connectivity index (χ1) is 17.7. The molecule has 0 bridgehead atoms. The molecule has 4 N–H and O–H groups in total. The van der Waals surface area contributed by atoms with Crippen LogP contribution in [0.5, 0.6) is 0 Å². The minimum Gasteiger partial charge on any atom is -0.399 e. The number of hydrogen-bond donors (Lipinski definition) is 3. The molecule has 0 radical (unpaired) electrons. The smallest absolute Gasteiger partial charge is 0.264 e. The van der Waals surface area contributed by atoms with Gasteiger partial charge in [-0.2, -0.15) is 0 Å². The van der Waals surface area contributed by atoms with E-state index in [9.17, 15) is 22.8 Å². The molecule has 192 valence electrons. The molecule has 0 unspecified atom stereocenters. The summed E-state index contributed by atoms with van der Waals surface area (Å²) in [5.41, 5.74) is 9.21. The van der Waals surface area contributed by atoms with Crippen LogP contribution in [0, 0.1) is 0 Å². The van der Waals surface area contributed by atoms with Crippen molar-refractivity contribution in [3.8, 4) is 0 Å². The maximum absolute atomic E-state index is 13.2. The molecule has 3 amide bonds. The lowest BCUT2D eigenvalue weighted by molar-refractivity contribution is -0.141. The quantitative estimate of drug-likeness (QED) is 0.408. The number of hydrogen-bond acceptors (Lipinski definition) is 6. The second kappa shape index (κ2) is 10.8. The highest BCUT2D eigenvalue weighted by molar-refractivity contribution is 7.90. The maximum Gasteiger partial charge on any atom is 0.264 e. The molecule has 0 spiro atoms. The van der Waals surface area contributed by atoms with Crippen LogP contribution < -0.4 is 15.8 Å². The third-order valence-corrected chi connectivity index (χ3v) is 7.66. The molecule has 1 heterocycles. The van der Waals surface area contributed by atoms with Crippen LogP contribution in [0.3, 0.4) is 0 Å². The number of sulfonamides is 1. The number of benzene rings is 3. The lowest BCUT2D eigenvalue weighted by Gasteiger charge is -2.36.